The maximum absolute atomic E-state index is 12.3. The number of carbonyl (C=O) groups is 1. The van der Waals surface area contributed by atoms with E-state index >= 15 is 0 Å². The molecule has 0 aromatic heterocycles. The second-order valence-electron chi connectivity index (χ2n) is 4.84. The topological polar surface area (TPSA) is 72.8 Å². The quantitative estimate of drug-likeness (QED) is 0.787. The molecule has 0 aliphatic carbocycles. The van der Waals surface area contributed by atoms with Gasteiger partial charge in [0.05, 0.1) is 13.0 Å². The van der Waals surface area contributed by atoms with Crippen molar-refractivity contribution in [2.75, 3.05) is 6.66 Å². The summed E-state index contributed by atoms with van der Waals surface area (Å²) in [6.45, 7) is 1.60. The van der Waals surface area contributed by atoms with Gasteiger partial charge in [-0.1, -0.05) is 42.5 Å². The van der Waals surface area contributed by atoms with Gasteiger partial charge in [-0.2, -0.15) is 0 Å². The molecule has 0 fully saturated rings. The second kappa shape index (κ2) is 7.25. The number of benzene rings is 2. The van der Waals surface area contributed by atoms with Crippen molar-refractivity contribution in [3.63, 3.8) is 0 Å². The van der Waals surface area contributed by atoms with Crippen LogP contribution in [0.4, 0.5) is 0 Å². The molecule has 0 aliphatic rings. The Morgan fingerprint density at radius 3 is 2.27 bits per heavy atom. The van der Waals surface area contributed by atoms with Crippen LogP contribution >= 0.6 is 7.60 Å². The highest BCUT2D eigenvalue weighted by atomic mass is 31.2. The molecule has 0 spiro atoms. The third kappa shape index (κ3) is 5.35. The van der Waals surface area contributed by atoms with Gasteiger partial charge in [-0.05, 0) is 23.3 Å². The fraction of sp³-hybridized carbons (Fsp3) is 0.188. The molecule has 1 N–H and O–H groups in total. The molecule has 6 heteroatoms. The van der Waals surface area contributed by atoms with E-state index in [9.17, 15) is 9.36 Å². The minimum absolute atomic E-state index is 0.0609. The molecule has 0 amide bonds. The average Bonchev–Trinajstić information content (AvgIpc) is 2.48. The minimum Gasteiger partial charge on any atom is -0.481 e. The SMILES string of the molecule is CP(=O)(OCc1ccccc1)Oc1ccc(CC(=O)O)cc1. The standard InChI is InChI=1S/C16H17O5P/c1-22(19,20-12-14-5-3-2-4-6-14)21-15-9-7-13(8-10-15)11-16(17)18/h2-10H,11-12H2,1H3,(H,17,18). The van der Waals surface area contributed by atoms with Crippen molar-refractivity contribution < 1.29 is 23.5 Å². The van der Waals surface area contributed by atoms with Crippen molar-refractivity contribution in [2.45, 2.75) is 13.0 Å². The number of hydrogen-bond acceptors (Lipinski definition) is 4. The smallest absolute Gasteiger partial charge is 0.376 e. The number of rotatable bonds is 7. The predicted octanol–water partition coefficient (Wildman–Crippen LogP) is 3.73. The fourth-order valence-electron chi connectivity index (χ4n) is 1.83. The Morgan fingerprint density at radius 2 is 1.68 bits per heavy atom. The van der Waals surface area contributed by atoms with Crippen LogP contribution in [-0.2, 0) is 26.9 Å². The molecule has 1 atom stereocenters. The summed E-state index contributed by atoms with van der Waals surface area (Å²) in [6.07, 6.45) is -0.0609. The number of hydrogen-bond donors (Lipinski definition) is 1. The van der Waals surface area contributed by atoms with Gasteiger partial charge in [0.15, 0.2) is 0 Å². The first-order valence-corrected chi connectivity index (χ1v) is 8.70. The van der Waals surface area contributed by atoms with Crippen LogP contribution in [0.3, 0.4) is 0 Å². The summed E-state index contributed by atoms with van der Waals surface area (Å²) in [5, 5.41) is 8.71. The largest absolute Gasteiger partial charge is 0.481 e. The molecule has 0 radical (unpaired) electrons. The van der Waals surface area contributed by atoms with E-state index < -0.39 is 13.6 Å². The van der Waals surface area contributed by atoms with Crippen molar-refractivity contribution in [2.24, 2.45) is 0 Å². The van der Waals surface area contributed by atoms with Crippen LogP contribution in [0, 0.1) is 0 Å². The van der Waals surface area contributed by atoms with E-state index in [-0.39, 0.29) is 13.0 Å². The summed E-state index contributed by atoms with van der Waals surface area (Å²) in [5.74, 6) is -0.519. The highest BCUT2D eigenvalue weighted by molar-refractivity contribution is 7.53. The Kier molecular flexibility index (Phi) is 5.36. The molecular weight excluding hydrogens is 303 g/mol. The lowest BCUT2D eigenvalue weighted by molar-refractivity contribution is -0.136. The summed E-state index contributed by atoms with van der Waals surface area (Å²) >= 11 is 0. The Hall–Kier alpha value is -2.10. The summed E-state index contributed by atoms with van der Waals surface area (Å²) in [6, 6.07) is 15.8. The first-order valence-electron chi connectivity index (χ1n) is 6.71. The van der Waals surface area contributed by atoms with Gasteiger partial charge >= 0.3 is 13.6 Å². The van der Waals surface area contributed by atoms with Crippen LogP contribution in [0.5, 0.6) is 5.75 Å². The minimum atomic E-state index is -3.24. The predicted molar refractivity (Wildman–Crippen MR) is 83.2 cm³/mol. The molecule has 0 aliphatic heterocycles. The van der Waals surface area contributed by atoms with Crippen LogP contribution in [0.25, 0.3) is 0 Å². The van der Waals surface area contributed by atoms with E-state index in [0.29, 0.717) is 11.3 Å². The maximum Gasteiger partial charge on any atom is 0.376 e. The molecule has 0 saturated carbocycles. The van der Waals surface area contributed by atoms with Crippen LogP contribution in [0.2, 0.25) is 0 Å². The van der Waals surface area contributed by atoms with Gasteiger partial charge in [-0.3, -0.25) is 9.32 Å². The Morgan fingerprint density at radius 1 is 1.05 bits per heavy atom. The molecule has 0 saturated heterocycles. The molecule has 22 heavy (non-hydrogen) atoms. The molecule has 1 unspecified atom stereocenters. The molecule has 2 rings (SSSR count). The highest BCUT2D eigenvalue weighted by Crippen LogP contribution is 2.45. The number of carboxylic acids is 1. The van der Waals surface area contributed by atoms with Gasteiger partial charge < -0.3 is 9.63 Å². The number of aliphatic carboxylic acids is 1. The maximum atomic E-state index is 12.3. The van der Waals surface area contributed by atoms with E-state index in [0.717, 1.165) is 5.56 Å². The zero-order valence-corrected chi connectivity index (χ0v) is 13.0. The van der Waals surface area contributed by atoms with E-state index in [4.69, 9.17) is 14.2 Å². The summed E-state index contributed by atoms with van der Waals surface area (Å²) in [5.41, 5.74) is 1.56. The fourth-order valence-corrected chi connectivity index (χ4v) is 2.77. The van der Waals surface area contributed by atoms with Crippen molar-refractivity contribution in [3.05, 3.63) is 65.7 Å². The van der Waals surface area contributed by atoms with Gasteiger partial charge in [-0.25, -0.2) is 4.57 Å². The van der Waals surface area contributed by atoms with E-state index in [1.165, 1.54) is 6.66 Å². The summed E-state index contributed by atoms with van der Waals surface area (Å²) in [7, 11) is -3.24. The molecule has 5 nitrogen and oxygen atoms in total. The van der Waals surface area contributed by atoms with Crippen molar-refractivity contribution in [1.29, 1.82) is 0 Å². The second-order valence-corrected chi connectivity index (χ2v) is 6.82. The van der Waals surface area contributed by atoms with Gasteiger partial charge in [-0.15, -0.1) is 0 Å². The lowest BCUT2D eigenvalue weighted by Crippen LogP contribution is -2.00. The molecule has 0 bridgehead atoms. The van der Waals surface area contributed by atoms with E-state index in [1.807, 2.05) is 30.3 Å². The molecule has 2 aromatic carbocycles. The summed E-state index contributed by atoms with van der Waals surface area (Å²) < 4.78 is 23.0. The van der Waals surface area contributed by atoms with Crippen LogP contribution in [0.1, 0.15) is 11.1 Å². The van der Waals surface area contributed by atoms with Gasteiger partial charge in [0.1, 0.15) is 5.75 Å². The zero-order valence-electron chi connectivity index (χ0n) is 12.1. The highest BCUT2D eigenvalue weighted by Gasteiger charge is 2.18. The van der Waals surface area contributed by atoms with Gasteiger partial charge in [0, 0.05) is 6.66 Å². The third-order valence-corrected chi connectivity index (χ3v) is 4.00. The Labute approximate surface area is 129 Å². The monoisotopic (exact) mass is 320 g/mol. The normalized spacial score (nSPS) is 13.3. The first kappa shape index (κ1) is 16.3. The zero-order chi connectivity index (χ0) is 16.0. The number of carboxylic acid groups (broad SMARTS) is 1. The van der Waals surface area contributed by atoms with Gasteiger partial charge in [0.2, 0.25) is 0 Å². The average molecular weight is 320 g/mol. The molecular formula is C16H17O5P. The Bertz CT molecular complexity index is 667. The Balaban J connectivity index is 1.93. The van der Waals surface area contributed by atoms with Crippen molar-refractivity contribution >= 4 is 13.6 Å². The van der Waals surface area contributed by atoms with Crippen LogP contribution in [-0.4, -0.2) is 17.7 Å². The van der Waals surface area contributed by atoms with Crippen LogP contribution in [0.15, 0.2) is 54.6 Å². The van der Waals surface area contributed by atoms with E-state index in [1.54, 1.807) is 24.3 Å². The molecule has 116 valence electrons. The summed E-state index contributed by atoms with van der Waals surface area (Å²) in [4.78, 5) is 10.6. The lowest BCUT2D eigenvalue weighted by atomic mass is 10.1. The first-order chi connectivity index (χ1) is 10.4. The van der Waals surface area contributed by atoms with E-state index in [2.05, 4.69) is 0 Å². The van der Waals surface area contributed by atoms with Crippen molar-refractivity contribution in [1.82, 2.24) is 0 Å². The molecule has 0 heterocycles. The van der Waals surface area contributed by atoms with Crippen LogP contribution < -0.4 is 4.52 Å². The third-order valence-electron chi connectivity index (χ3n) is 2.86. The van der Waals surface area contributed by atoms with Gasteiger partial charge in [0.25, 0.3) is 0 Å². The van der Waals surface area contributed by atoms with Crippen molar-refractivity contribution in [3.8, 4) is 5.75 Å². The molecule has 2 aromatic rings. The lowest BCUT2D eigenvalue weighted by Gasteiger charge is -2.15.